The maximum absolute atomic E-state index is 13.3. The summed E-state index contributed by atoms with van der Waals surface area (Å²) in [7, 11) is 4.00. The monoisotopic (exact) mass is 618 g/mol. The quantitative estimate of drug-likeness (QED) is 0.335. The van der Waals surface area contributed by atoms with Crippen molar-refractivity contribution in [2.75, 3.05) is 20.6 Å². The van der Waals surface area contributed by atoms with Crippen molar-refractivity contribution < 1.29 is 14.7 Å². The van der Waals surface area contributed by atoms with Gasteiger partial charge in [0.1, 0.15) is 0 Å². The predicted molar refractivity (Wildman–Crippen MR) is 182 cm³/mol. The number of carbonyl (C=O) groups is 2. The molecule has 250 valence electrons. The SMILES string of the molecule is CC(C)[C@@H]1CC[C@]2(NC(=O)CN(C)C)CC[C@]3(C)[C@H](CC[C@@H]4[C@@]5(C)CC[C@@H](c6ccc(C(=O)O)cc6)C(C)(C)[C@@H]5CC[C@]43C)[C@@H]12. The third kappa shape index (κ3) is 4.86. The van der Waals surface area contributed by atoms with Crippen molar-refractivity contribution in [3.63, 3.8) is 0 Å². The Morgan fingerprint density at radius 2 is 1.53 bits per heavy atom. The van der Waals surface area contributed by atoms with Gasteiger partial charge in [-0.25, -0.2) is 4.79 Å². The Labute approximate surface area is 273 Å². The Bertz CT molecular complexity index is 1300. The van der Waals surface area contributed by atoms with E-state index in [1.807, 2.05) is 19.0 Å². The van der Waals surface area contributed by atoms with Crippen molar-refractivity contribution in [2.24, 2.45) is 57.2 Å². The summed E-state index contributed by atoms with van der Waals surface area (Å²) in [6.45, 7) is 18.5. The molecule has 6 rings (SSSR count). The van der Waals surface area contributed by atoms with Gasteiger partial charge in [-0.15, -0.1) is 0 Å². The first-order valence-corrected chi connectivity index (χ1v) is 18.3. The number of nitrogens with zero attached hydrogens (tertiary/aromatic N) is 1. The van der Waals surface area contributed by atoms with E-state index in [2.05, 4.69) is 65.9 Å². The third-order valence-corrected chi connectivity index (χ3v) is 15.8. The normalized spacial score (nSPS) is 43.6. The highest BCUT2D eigenvalue weighted by Gasteiger charge is 2.71. The number of amides is 1. The molecule has 5 saturated carbocycles. The standard InChI is InChI=1S/C40H62N2O3/c1-25(2)28-16-21-40(41-33(43)24-42(8)9)23-22-38(6)30(34(28)40)14-15-32-37(5)19-17-29(26-10-12-27(13-11-26)35(44)45)36(3,4)31(37)18-20-39(32,38)7/h10-13,25,28-32,34H,14-24H2,1-9H3,(H,41,43)(H,44,45)/t28-,29-,30+,31-,32+,34+,37-,38+,39+,40-/m0/s1. The first-order valence-electron chi connectivity index (χ1n) is 18.3. The summed E-state index contributed by atoms with van der Waals surface area (Å²) in [6.07, 6.45) is 12.4. The number of hydrogen-bond donors (Lipinski definition) is 2. The Morgan fingerprint density at radius 3 is 2.16 bits per heavy atom. The summed E-state index contributed by atoms with van der Waals surface area (Å²) in [6, 6.07) is 7.80. The van der Waals surface area contributed by atoms with Crippen LogP contribution in [0.2, 0.25) is 0 Å². The van der Waals surface area contributed by atoms with Gasteiger partial charge < -0.3 is 15.3 Å². The van der Waals surface area contributed by atoms with Crippen LogP contribution < -0.4 is 5.32 Å². The molecular formula is C40H62N2O3. The molecule has 0 radical (unpaired) electrons. The summed E-state index contributed by atoms with van der Waals surface area (Å²) in [5.74, 6) is 3.77. The van der Waals surface area contributed by atoms with Gasteiger partial charge in [0.05, 0.1) is 12.1 Å². The molecule has 5 heteroatoms. The van der Waals surface area contributed by atoms with Gasteiger partial charge in [-0.05, 0) is 159 Å². The molecule has 5 fully saturated rings. The van der Waals surface area contributed by atoms with Gasteiger partial charge in [-0.2, -0.15) is 0 Å². The number of fused-ring (bicyclic) bond motifs is 7. The first kappa shape index (κ1) is 33.0. The minimum absolute atomic E-state index is 0.0350. The Morgan fingerprint density at radius 1 is 0.844 bits per heavy atom. The Kier molecular flexibility index (Phi) is 8.15. The molecule has 1 aromatic rings. The molecule has 2 N–H and O–H groups in total. The van der Waals surface area contributed by atoms with Crippen molar-refractivity contribution in [3.05, 3.63) is 35.4 Å². The molecule has 45 heavy (non-hydrogen) atoms. The van der Waals surface area contributed by atoms with Crippen LogP contribution in [-0.2, 0) is 4.79 Å². The highest BCUT2D eigenvalue weighted by atomic mass is 16.4. The van der Waals surface area contributed by atoms with Gasteiger partial charge in [-0.1, -0.05) is 60.6 Å². The average Bonchev–Trinajstić information content (AvgIpc) is 3.32. The lowest BCUT2D eigenvalue weighted by Gasteiger charge is -2.73. The summed E-state index contributed by atoms with van der Waals surface area (Å²) < 4.78 is 0. The van der Waals surface area contributed by atoms with E-state index in [-0.39, 0.29) is 22.3 Å². The Balaban J connectivity index is 1.31. The fraction of sp³-hybridized carbons (Fsp3) is 0.800. The minimum Gasteiger partial charge on any atom is -0.478 e. The second-order valence-electron chi connectivity index (χ2n) is 18.4. The van der Waals surface area contributed by atoms with Gasteiger partial charge in [0.25, 0.3) is 0 Å². The molecule has 0 unspecified atom stereocenters. The van der Waals surface area contributed by atoms with Crippen LogP contribution in [0.15, 0.2) is 24.3 Å². The lowest BCUT2D eigenvalue weighted by Crippen LogP contribution is -2.69. The maximum atomic E-state index is 13.3. The number of carboxylic acids is 1. The van der Waals surface area contributed by atoms with Crippen LogP contribution in [0.5, 0.6) is 0 Å². The van der Waals surface area contributed by atoms with E-state index in [4.69, 9.17) is 0 Å². The van der Waals surface area contributed by atoms with E-state index in [9.17, 15) is 14.7 Å². The number of carbonyl (C=O) groups excluding carboxylic acids is 1. The van der Waals surface area contributed by atoms with E-state index in [1.165, 1.54) is 56.9 Å². The summed E-state index contributed by atoms with van der Waals surface area (Å²) in [5.41, 5.74) is 2.72. The lowest BCUT2D eigenvalue weighted by atomic mass is 9.32. The number of benzene rings is 1. The molecule has 1 amide bonds. The van der Waals surface area contributed by atoms with Gasteiger partial charge in [-0.3, -0.25) is 4.79 Å². The van der Waals surface area contributed by atoms with Gasteiger partial charge >= 0.3 is 5.97 Å². The molecule has 5 aliphatic carbocycles. The number of rotatable bonds is 6. The molecule has 0 aliphatic heterocycles. The zero-order valence-corrected chi connectivity index (χ0v) is 29.8. The van der Waals surface area contributed by atoms with Crippen molar-refractivity contribution in [3.8, 4) is 0 Å². The Hall–Kier alpha value is -1.88. The van der Waals surface area contributed by atoms with E-state index in [1.54, 1.807) is 12.1 Å². The zero-order valence-electron chi connectivity index (χ0n) is 29.8. The van der Waals surface area contributed by atoms with E-state index in [0.29, 0.717) is 64.4 Å². The van der Waals surface area contributed by atoms with Gasteiger partial charge in [0.2, 0.25) is 5.91 Å². The van der Waals surface area contributed by atoms with E-state index in [0.717, 1.165) is 12.8 Å². The lowest BCUT2D eigenvalue weighted by molar-refractivity contribution is -0.235. The summed E-state index contributed by atoms with van der Waals surface area (Å²) >= 11 is 0. The summed E-state index contributed by atoms with van der Waals surface area (Å²) in [4.78, 5) is 26.9. The van der Waals surface area contributed by atoms with Crippen molar-refractivity contribution in [1.82, 2.24) is 10.2 Å². The van der Waals surface area contributed by atoms with E-state index < -0.39 is 5.97 Å². The van der Waals surface area contributed by atoms with Crippen LogP contribution in [0.3, 0.4) is 0 Å². The van der Waals surface area contributed by atoms with Crippen LogP contribution in [0.4, 0.5) is 0 Å². The molecule has 0 saturated heterocycles. The number of aromatic carboxylic acids is 1. The predicted octanol–water partition coefficient (Wildman–Crippen LogP) is 8.64. The van der Waals surface area contributed by atoms with Crippen LogP contribution >= 0.6 is 0 Å². The number of hydrogen-bond acceptors (Lipinski definition) is 3. The average molecular weight is 619 g/mol. The molecule has 5 nitrogen and oxygen atoms in total. The number of carboxylic acid groups (broad SMARTS) is 1. The van der Waals surface area contributed by atoms with Crippen LogP contribution in [0.25, 0.3) is 0 Å². The van der Waals surface area contributed by atoms with Gasteiger partial charge in [0, 0.05) is 5.54 Å². The molecular weight excluding hydrogens is 556 g/mol. The molecule has 5 aliphatic rings. The molecule has 0 aromatic heterocycles. The molecule has 10 atom stereocenters. The molecule has 0 heterocycles. The second kappa shape index (κ2) is 11.1. The fourth-order valence-electron chi connectivity index (χ4n) is 13.7. The van der Waals surface area contributed by atoms with Crippen LogP contribution in [-0.4, -0.2) is 48.1 Å². The highest BCUT2D eigenvalue weighted by molar-refractivity contribution is 5.87. The zero-order chi connectivity index (χ0) is 32.7. The second-order valence-corrected chi connectivity index (χ2v) is 18.4. The number of likely N-dealkylation sites (N-methyl/N-ethyl adjacent to an activating group) is 1. The number of nitrogens with one attached hydrogen (secondary N) is 1. The maximum Gasteiger partial charge on any atom is 0.335 e. The van der Waals surface area contributed by atoms with Gasteiger partial charge in [0.15, 0.2) is 0 Å². The molecule has 1 aromatic carbocycles. The largest absolute Gasteiger partial charge is 0.478 e. The smallest absolute Gasteiger partial charge is 0.335 e. The first-order chi connectivity index (χ1) is 21.0. The van der Waals surface area contributed by atoms with Crippen molar-refractivity contribution >= 4 is 11.9 Å². The molecule has 0 spiro atoms. The fourth-order valence-corrected chi connectivity index (χ4v) is 13.7. The van der Waals surface area contributed by atoms with E-state index >= 15 is 0 Å². The topological polar surface area (TPSA) is 69.6 Å². The summed E-state index contributed by atoms with van der Waals surface area (Å²) in [5, 5.41) is 13.2. The van der Waals surface area contributed by atoms with Crippen molar-refractivity contribution in [2.45, 2.75) is 124 Å². The van der Waals surface area contributed by atoms with Crippen molar-refractivity contribution in [1.29, 1.82) is 0 Å². The van der Waals surface area contributed by atoms with Crippen LogP contribution in [0.1, 0.15) is 135 Å². The van der Waals surface area contributed by atoms with Crippen LogP contribution in [0, 0.1) is 57.2 Å². The third-order valence-electron chi connectivity index (χ3n) is 15.8. The molecule has 0 bridgehead atoms. The highest BCUT2D eigenvalue weighted by Crippen LogP contribution is 2.77. The minimum atomic E-state index is -0.846.